The molecule has 0 aromatic rings. The van der Waals surface area contributed by atoms with E-state index in [2.05, 4.69) is 5.32 Å². The third-order valence-electron chi connectivity index (χ3n) is 4.16. The van der Waals surface area contributed by atoms with E-state index in [1.807, 2.05) is 32.6 Å². The minimum atomic E-state index is -0.520. The molecule has 0 aromatic carbocycles. The van der Waals surface area contributed by atoms with Crippen LogP contribution in [0.25, 0.3) is 0 Å². The van der Waals surface area contributed by atoms with Crippen molar-refractivity contribution in [1.82, 2.24) is 15.1 Å². The predicted octanol–water partition coefficient (Wildman–Crippen LogP) is 1.60. The van der Waals surface area contributed by atoms with E-state index in [0.717, 1.165) is 25.9 Å². The molecule has 22 heavy (non-hydrogen) atoms. The molecule has 0 bridgehead atoms. The third-order valence-corrected chi connectivity index (χ3v) is 4.16. The Hall–Kier alpha value is -1.30. The molecular weight excluding hydrogens is 282 g/mol. The van der Waals surface area contributed by atoms with Gasteiger partial charge in [-0.05, 0) is 47.0 Å². The summed E-state index contributed by atoms with van der Waals surface area (Å²) in [4.78, 5) is 28.5. The van der Waals surface area contributed by atoms with Gasteiger partial charge in [-0.2, -0.15) is 0 Å². The summed E-state index contributed by atoms with van der Waals surface area (Å²) in [6.07, 6.45) is 3.01. The van der Waals surface area contributed by atoms with E-state index in [4.69, 9.17) is 4.74 Å². The van der Waals surface area contributed by atoms with Crippen molar-refractivity contribution < 1.29 is 14.3 Å². The number of nitrogens with one attached hydrogen (secondary N) is 1. The predicted molar refractivity (Wildman–Crippen MR) is 84.6 cm³/mol. The van der Waals surface area contributed by atoms with E-state index in [1.54, 1.807) is 4.90 Å². The highest BCUT2D eigenvalue weighted by Crippen LogP contribution is 2.17. The molecule has 2 saturated heterocycles. The van der Waals surface area contributed by atoms with Crippen LogP contribution in [0, 0.1) is 0 Å². The normalized spacial score (nSPS) is 26.7. The number of nitrogens with zero attached hydrogens (tertiary/aromatic N) is 2. The van der Waals surface area contributed by atoms with Crippen LogP contribution in [-0.2, 0) is 9.53 Å². The summed E-state index contributed by atoms with van der Waals surface area (Å²) in [5.74, 6) is 0.111. The van der Waals surface area contributed by atoms with Crippen molar-refractivity contribution in [3.63, 3.8) is 0 Å². The molecule has 0 spiro atoms. The van der Waals surface area contributed by atoms with Crippen molar-refractivity contribution in [2.75, 3.05) is 26.2 Å². The zero-order valence-corrected chi connectivity index (χ0v) is 14.2. The zero-order valence-electron chi connectivity index (χ0n) is 14.2. The fraction of sp³-hybridized carbons (Fsp3) is 0.875. The molecule has 2 fully saturated rings. The van der Waals surface area contributed by atoms with E-state index in [1.165, 1.54) is 6.42 Å². The maximum atomic E-state index is 12.6. The third kappa shape index (κ3) is 4.35. The van der Waals surface area contributed by atoms with Crippen LogP contribution in [0.15, 0.2) is 0 Å². The highest BCUT2D eigenvalue weighted by molar-refractivity contribution is 5.83. The van der Waals surface area contributed by atoms with Gasteiger partial charge in [0.15, 0.2) is 0 Å². The number of carbonyl (C=O) groups is 2. The van der Waals surface area contributed by atoms with Gasteiger partial charge in [-0.3, -0.25) is 4.79 Å². The average Bonchev–Trinajstić information content (AvgIpc) is 2.46. The molecule has 2 atom stereocenters. The lowest BCUT2D eigenvalue weighted by atomic mass is 10.1. The molecule has 0 unspecified atom stereocenters. The molecule has 0 radical (unpaired) electrons. The van der Waals surface area contributed by atoms with Crippen molar-refractivity contribution in [2.45, 2.75) is 64.6 Å². The Morgan fingerprint density at radius 1 is 1.14 bits per heavy atom. The molecule has 2 heterocycles. The van der Waals surface area contributed by atoms with Crippen molar-refractivity contribution in [2.24, 2.45) is 0 Å². The molecule has 0 aromatic heterocycles. The lowest BCUT2D eigenvalue weighted by molar-refractivity contribution is -0.135. The second-order valence-electron chi connectivity index (χ2n) is 7.33. The van der Waals surface area contributed by atoms with Gasteiger partial charge < -0.3 is 19.9 Å². The Kier molecular flexibility index (Phi) is 5.32. The quantitative estimate of drug-likeness (QED) is 0.799. The second-order valence-corrected chi connectivity index (χ2v) is 7.33. The Bertz CT molecular complexity index is 413. The van der Waals surface area contributed by atoms with Crippen LogP contribution < -0.4 is 5.32 Å². The maximum absolute atomic E-state index is 12.6. The zero-order chi connectivity index (χ0) is 16.3. The van der Waals surface area contributed by atoms with Crippen molar-refractivity contribution in [1.29, 1.82) is 0 Å². The van der Waals surface area contributed by atoms with Gasteiger partial charge in [-0.1, -0.05) is 0 Å². The minimum absolute atomic E-state index is 0.0280. The number of rotatable bonds is 1. The van der Waals surface area contributed by atoms with Gasteiger partial charge in [0.05, 0.1) is 0 Å². The van der Waals surface area contributed by atoms with Gasteiger partial charge in [-0.25, -0.2) is 4.79 Å². The maximum Gasteiger partial charge on any atom is 0.410 e. The van der Waals surface area contributed by atoms with Crippen molar-refractivity contribution in [3.8, 4) is 0 Å². The lowest BCUT2D eigenvalue weighted by Gasteiger charge is -2.40. The average molecular weight is 311 g/mol. The number of ether oxygens (including phenoxy) is 1. The molecule has 2 rings (SSSR count). The number of amides is 2. The van der Waals surface area contributed by atoms with Crippen LogP contribution >= 0.6 is 0 Å². The van der Waals surface area contributed by atoms with Crippen LogP contribution in [0.3, 0.4) is 0 Å². The van der Waals surface area contributed by atoms with E-state index < -0.39 is 5.60 Å². The molecular formula is C16H29N3O3. The van der Waals surface area contributed by atoms with Gasteiger partial charge in [0.1, 0.15) is 11.6 Å². The standard InChI is InChI=1S/C16H29N3O3/c1-12-10-17-13(14(20)18-8-6-5-7-9-18)11-19(12)15(21)22-16(2,3)4/h12-13,17H,5-11H2,1-4H3/t12-,13-/m1/s1. The highest BCUT2D eigenvalue weighted by atomic mass is 16.6. The molecule has 6 heteroatoms. The number of piperazine rings is 1. The molecule has 2 aliphatic heterocycles. The number of hydrogen-bond donors (Lipinski definition) is 1. The number of carbonyl (C=O) groups excluding carboxylic acids is 2. The summed E-state index contributed by atoms with van der Waals surface area (Å²) >= 11 is 0. The van der Waals surface area contributed by atoms with Crippen LogP contribution in [0.2, 0.25) is 0 Å². The summed E-state index contributed by atoms with van der Waals surface area (Å²) in [6, 6.07) is -0.290. The highest BCUT2D eigenvalue weighted by Gasteiger charge is 2.36. The Morgan fingerprint density at radius 3 is 2.36 bits per heavy atom. The first-order valence-electron chi connectivity index (χ1n) is 8.30. The van der Waals surface area contributed by atoms with Gasteiger partial charge in [0.2, 0.25) is 5.91 Å². The second kappa shape index (κ2) is 6.86. The smallest absolute Gasteiger partial charge is 0.410 e. The Balaban J connectivity index is 1.97. The summed E-state index contributed by atoms with van der Waals surface area (Å²) in [5.41, 5.74) is -0.520. The van der Waals surface area contributed by atoms with Gasteiger partial charge in [0, 0.05) is 32.2 Å². The van der Waals surface area contributed by atoms with E-state index in [9.17, 15) is 9.59 Å². The summed E-state index contributed by atoms with van der Waals surface area (Å²) in [7, 11) is 0. The van der Waals surface area contributed by atoms with Gasteiger partial charge in [-0.15, -0.1) is 0 Å². The van der Waals surface area contributed by atoms with E-state index in [0.29, 0.717) is 13.1 Å². The van der Waals surface area contributed by atoms with Gasteiger partial charge in [0.25, 0.3) is 0 Å². The Labute approximate surface area is 133 Å². The Morgan fingerprint density at radius 2 is 1.77 bits per heavy atom. The van der Waals surface area contributed by atoms with E-state index >= 15 is 0 Å². The van der Waals surface area contributed by atoms with Crippen molar-refractivity contribution >= 4 is 12.0 Å². The lowest BCUT2D eigenvalue weighted by Crippen LogP contribution is -2.62. The largest absolute Gasteiger partial charge is 0.444 e. The van der Waals surface area contributed by atoms with Crippen molar-refractivity contribution in [3.05, 3.63) is 0 Å². The SMILES string of the molecule is C[C@@H]1CN[C@@H](C(=O)N2CCCCC2)CN1C(=O)OC(C)(C)C. The molecule has 2 amide bonds. The first-order chi connectivity index (χ1) is 10.3. The minimum Gasteiger partial charge on any atom is -0.444 e. The summed E-state index contributed by atoms with van der Waals surface area (Å²) < 4.78 is 5.46. The fourth-order valence-electron chi connectivity index (χ4n) is 2.94. The molecule has 0 aliphatic carbocycles. The van der Waals surface area contributed by atoms with Crippen LogP contribution in [0.1, 0.15) is 47.0 Å². The van der Waals surface area contributed by atoms with Gasteiger partial charge >= 0.3 is 6.09 Å². The molecule has 1 N–H and O–H groups in total. The summed E-state index contributed by atoms with van der Waals surface area (Å²) in [5, 5.41) is 3.27. The molecule has 2 aliphatic rings. The van der Waals surface area contributed by atoms with Crippen LogP contribution in [-0.4, -0.2) is 65.7 Å². The van der Waals surface area contributed by atoms with Crippen LogP contribution in [0.4, 0.5) is 4.79 Å². The summed E-state index contributed by atoms with van der Waals surface area (Å²) in [6.45, 7) is 10.2. The first-order valence-corrected chi connectivity index (χ1v) is 8.30. The van der Waals surface area contributed by atoms with E-state index in [-0.39, 0.29) is 24.1 Å². The number of hydrogen-bond acceptors (Lipinski definition) is 4. The molecule has 0 saturated carbocycles. The topological polar surface area (TPSA) is 61.9 Å². The monoisotopic (exact) mass is 311 g/mol. The van der Waals surface area contributed by atoms with Crippen LogP contribution in [0.5, 0.6) is 0 Å². The molecule has 126 valence electrons. The fourth-order valence-corrected chi connectivity index (χ4v) is 2.94. The molecule has 6 nitrogen and oxygen atoms in total. The number of likely N-dealkylation sites (tertiary alicyclic amines) is 1. The number of piperidine rings is 1. The first kappa shape index (κ1) is 17.1.